The normalized spacial score (nSPS) is 24.8. The van der Waals surface area contributed by atoms with Crippen LogP contribution in [0.15, 0.2) is 96.6 Å². The van der Waals surface area contributed by atoms with Gasteiger partial charge in [-0.3, -0.25) is 14.5 Å². The smallest absolute Gasteiger partial charge is 0.234 e. The molecule has 0 N–H and O–H groups in total. The van der Waals surface area contributed by atoms with E-state index in [0.29, 0.717) is 6.54 Å². The van der Waals surface area contributed by atoms with Crippen molar-refractivity contribution in [1.82, 2.24) is 4.90 Å². The largest absolute Gasteiger partial charge is 0.278 e. The molecule has 0 spiro atoms. The van der Waals surface area contributed by atoms with Gasteiger partial charge in [0.05, 0.1) is 18.4 Å². The van der Waals surface area contributed by atoms with Gasteiger partial charge in [0.1, 0.15) is 0 Å². The molecule has 0 unspecified atom stereocenters. The number of benzene rings is 3. The molecule has 1 saturated heterocycles. The Balaban J connectivity index is 1.44. The van der Waals surface area contributed by atoms with E-state index in [1.807, 2.05) is 30.3 Å². The molecule has 3 heteroatoms. The van der Waals surface area contributed by atoms with Crippen LogP contribution in [0.2, 0.25) is 0 Å². The Labute approximate surface area is 200 Å². The highest BCUT2D eigenvalue weighted by Crippen LogP contribution is 2.58. The lowest BCUT2D eigenvalue weighted by atomic mass is 9.85. The number of nitrogens with zero attached hydrogens (tertiary/aromatic N) is 1. The summed E-state index contributed by atoms with van der Waals surface area (Å²) in [5.74, 6) is -0.727. The molecule has 2 bridgehead atoms. The molecule has 0 aromatic heterocycles. The standard InChI is InChI=1S/C31H27NO2/c1-19-8-12-22(13-9-19)26(23-14-10-20(2)11-15-23)27-24-16-17-25(27)29-28(24)30(33)32(31(29)34)18-21-6-4-3-5-7-21/h3-17,24-25,28-29H,18H2,1-2H3/t24-,25-,28-,29-/m1/s1. The first kappa shape index (κ1) is 20.9. The van der Waals surface area contributed by atoms with Crippen LogP contribution in [0.4, 0.5) is 0 Å². The van der Waals surface area contributed by atoms with Crippen molar-refractivity contribution in [2.75, 3.05) is 0 Å². The molecule has 3 aliphatic rings. The molecule has 1 aliphatic heterocycles. The quantitative estimate of drug-likeness (QED) is 0.380. The van der Waals surface area contributed by atoms with Gasteiger partial charge < -0.3 is 0 Å². The van der Waals surface area contributed by atoms with Crippen molar-refractivity contribution >= 4 is 17.4 Å². The summed E-state index contributed by atoms with van der Waals surface area (Å²) < 4.78 is 0. The summed E-state index contributed by atoms with van der Waals surface area (Å²) in [6.45, 7) is 4.53. The molecular formula is C31H27NO2. The summed E-state index contributed by atoms with van der Waals surface area (Å²) in [5.41, 5.74) is 8.09. The second kappa shape index (κ2) is 7.95. The zero-order valence-electron chi connectivity index (χ0n) is 19.4. The summed E-state index contributed by atoms with van der Waals surface area (Å²) in [4.78, 5) is 28.6. The minimum absolute atomic E-state index is 0.0274. The molecule has 2 amide bonds. The molecule has 1 saturated carbocycles. The maximum Gasteiger partial charge on any atom is 0.234 e. The Kier molecular flexibility index (Phi) is 4.88. The summed E-state index contributed by atoms with van der Waals surface area (Å²) in [5, 5.41) is 0. The Morgan fingerprint density at radius 3 is 1.62 bits per heavy atom. The van der Waals surface area contributed by atoms with Crippen molar-refractivity contribution in [3.05, 3.63) is 124 Å². The van der Waals surface area contributed by atoms with Gasteiger partial charge in [-0.1, -0.05) is 102 Å². The van der Waals surface area contributed by atoms with Crippen molar-refractivity contribution in [2.45, 2.75) is 20.4 Å². The SMILES string of the molecule is Cc1ccc(C(=C2[C@H]3C=C[C@H]2[C@H]2C(=O)N(Cc4ccccc4)C(=O)[C@@H]23)c2ccc(C)cc2)cc1. The lowest BCUT2D eigenvalue weighted by Gasteiger charge is -2.22. The van der Waals surface area contributed by atoms with Gasteiger partial charge in [-0.05, 0) is 41.7 Å². The average Bonchev–Trinajstić information content (AvgIpc) is 3.48. The molecule has 3 aromatic rings. The summed E-state index contributed by atoms with van der Waals surface area (Å²) in [6.07, 6.45) is 4.33. The van der Waals surface area contributed by atoms with Crippen LogP contribution in [0.1, 0.15) is 27.8 Å². The number of rotatable bonds is 4. The van der Waals surface area contributed by atoms with Crippen LogP contribution in [-0.2, 0) is 16.1 Å². The molecule has 34 heavy (non-hydrogen) atoms. The van der Waals surface area contributed by atoms with E-state index in [9.17, 15) is 9.59 Å². The Bertz CT molecular complexity index is 1250. The fourth-order valence-electron chi connectivity index (χ4n) is 6.02. The number of hydrogen-bond donors (Lipinski definition) is 0. The van der Waals surface area contributed by atoms with Gasteiger partial charge in [0, 0.05) is 11.8 Å². The topological polar surface area (TPSA) is 37.4 Å². The first-order valence-electron chi connectivity index (χ1n) is 12.0. The molecule has 0 radical (unpaired) electrons. The van der Waals surface area contributed by atoms with E-state index >= 15 is 0 Å². The van der Waals surface area contributed by atoms with Crippen LogP contribution in [0.5, 0.6) is 0 Å². The molecule has 6 rings (SSSR count). The maximum atomic E-state index is 13.6. The van der Waals surface area contributed by atoms with Crippen LogP contribution in [0, 0.1) is 37.5 Å². The minimum Gasteiger partial charge on any atom is -0.278 e. The van der Waals surface area contributed by atoms with Gasteiger partial charge in [-0.15, -0.1) is 0 Å². The molecule has 2 fully saturated rings. The number of allylic oxidation sites excluding steroid dienone is 3. The zero-order valence-corrected chi connectivity index (χ0v) is 19.4. The summed E-state index contributed by atoms with van der Waals surface area (Å²) in [6, 6.07) is 27.0. The molecule has 1 heterocycles. The van der Waals surface area contributed by atoms with Crippen molar-refractivity contribution in [1.29, 1.82) is 0 Å². The number of fused-ring (bicyclic) bond motifs is 5. The highest BCUT2D eigenvalue weighted by Gasteiger charge is 2.62. The number of amides is 2. The average molecular weight is 446 g/mol. The van der Waals surface area contributed by atoms with Crippen molar-refractivity contribution in [3.8, 4) is 0 Å². The van der Waals surface area contributed by atoms with E-state index in [4.69, 9.17) is 0 Å². The fraction of sp³-hybridized carbons (Fsp3) is 0.226. The number of carbonyl (C=O) groups excluding carboxylic acids is 2. The third-order valence-electron chi connectivity index (χ3n) is 7.66. The van der Waals surface area contributed by atoms with E-state index in [1.165, 1.54) is 27.2 Å². The van der Waals surface area contributed by atoms with E-state index in [-0.39, 0.29) is 35.5 Å². The predicted molar refractivity (Wildman–Crippen MR) is 133 cm³/mol. The molecule has 3 nitrogen and oxygen atoms in total. The zero-order chi connectivity index (χ0) is 23.4. The van der Waals surface area contributed by atoms with Gasteiger partial charge in [0.15, 0.2) is 0 Å². The van der Waals surface area contributed by atoms with Gasteiger partial charge in [-0.25, -0.2) is 0 Å². The molecule has 2 aliphatic carbocycles. The molecule has 168 valence electrons. The summed E-state index contributed by atoms with van der Waals surface area (Å²) in [7, 11) is 0. The third-order valence-corrected chi connectivity index (χ3v) is 7.66. The summed E-state index contributed by atoms with van der Waals surface area (Å²) >= 11 is 0. The number of carbonyl (C=O) groups is 2. The van der Waals surface area contributed by atoms with Gasteiger partial charge in [0.25, 0.3) is 0 Å². The van der Waals surface area contributed by atoms with E-state index in [0.717, 1.165) is 16.7 Å². The first-order chi connectivity index (χ1) is 16.5. The minimum atomic E-state index is -0.299. The lowest BCUT2D eigenvalue weighted by Crippen LogP contribution is -2.32. The third kappa shape index (κ3) is 3.19. The fourth-order valence-corrected chi connectivity index (χ4v) is 6.02. The van der Waals surface area contributed by atoms with E-state index < -0.39 is 0 Å². The van der Waals surface area contributed by atoms with Crippen LogP contribution < -0.4 is 0 Å². The Morgan fingerprint density at radius 2 is 1.15 bits per heavy atom. The lowest BCUT2D eigenvalue weighted by molar-refractivity contribution is -0.141. The first-order valence-corrected chi connectivity index (χ1v) is 12.0. The number of likely N-dealkylation sites (tertiary alicyclic amines) is 1. The van der Waals surface area contributed by atoms with Crippen LogP contribution in [0.3, 0.4) is 0 Å². The van der Waals surface area contributed by atoms with E-state index in [2.05, 4.69) is 74.5 Å². The van der Waals surface area contributed by atoms with Crippen LogP contribution in [0.25, 0.3) is 5.57 Å². The van der Waals surface area contributed by atoms with Gasteiger partial charge in [0.2, 0.25) is 11.8 Å². The second-order valence-electron chi connectivity index (χ2n) is 9.80. The van der Waals surface area contributed by atoms with Crippen LogP contribution in [-0.4, -0.2) is 16.7 Å². The second-order valence-corrected chi connectivity index (χ2v) is 9.80. The van der Waals surface area contributed by atoms with Gasteiger partial charge in [-0.2, -0.15) is 0 Å². The monoisotopic (exact) mass is 445 g/mol. The number of hydrogen-bond acceptors (Lipinski definition) is 2. The molecular weight excluding hydrogens is 418 g/mol. The highest BCUT2D eigenvalue weighted by atomic mass is 16.2. The van der Waals surface area contributed by atoms with Crippen molar-refractivity contribution < 1.29 is 9.59 Å². The number of imide groups is 1. The number of aryl methyl sites for hydroxylation is 2. The van der Waals surface area contributed by atoms with Crippen molar-refractivity contribution in [3.63, 3.8) is 0 Å². The Morgan fingerprint density at radius 1 is 0.676 bits per heavy atom. The highest BCUT2D eigenvalue weighted by molar-refractivity contribution is 6.08. The van der Waals surface area contributed by atoms with Gasteiger partial charge >= 0.3 is 0 Å². The molecule has 3 aromatic carbocycles. The van der Waals surface area contributed by atoms with Crippen molar-refractivity contribution in [2.24, 2.45) is 23.7 Å². The predicted octanol–water partition coefficient (Wildman–Crippen LogP) is 5.72. The van der Waals surface area contributed by atoms with E-state index in [1.54, 1.807) is 0 Å². The Hall–Kier alpha value is -3.72. The maximum absolute atomic E-state index is 13.6. The molecule has 4 atom stereocenters. The van der Waals surface area contributed by atoms with Crippen LogP contribution >= 0.6 is 0 Å².